The number of sulfonamides is 1. The minimum absolute atomic E-state index is 0.171. The second kappa shape index (κ2) is 11.4. The summed E-state index contributed by atoms with van der Waals surface area (Å²) in [5, 5.41) is 2.88. The maximum Gasteiger partial charge on any atom is 0.251 e. The molecule has 3 aromatic rings. The number of nitrogens with one attached hydrogen (secondary N) is 1. The number of ether oxygens (including phenoxy) is 1. The molecule has 1 atom stereocenters. The quantitative estimate of drug-likeness (QED) is 0.506. The van der Waals surface area contributed by atoms with Gasteiger partial charge in [0.25, 0.3) is 5.91 Å². The zero-order valence-corrected chi connectivity index (χ0v) is 20.9. The first-order valence-corrected chi connectivity index (χ1v) is 13.2. The van der Waals surface area contributed by atoms with E-state index in [1.54, 1.807) is 41.3 Å². The molecular formula is C27H29N3O5S. The normalized spacial score (nSPS) is 15.2. The number of methoxy groups -OCH3 is 1. The second-order valence-corrected chi connectivity index (χ2v) is 10.4. The van der Waals surface area contributed by atoms with Gasteiger partial charge in [-0.25, -0.2) is 8.42 Å². The van der Waals surface area contributed by atoms with Gasteiger partial charge >= 0.3 is 0 Å². The van der Waals surface area contributed by atoms with Gasteiger partial charge in [0.2, 0.25) is 15.9 Å². The van der Waals surface area contributed by atoms with Crippen LogP contribution in [0.25, 0.3) is 0 Å². The van der Waals surface area contributed by atoms with Gasteiger partial charge in [-0.05, 0) is 42.0 Å². The Balaban J connectivity index is 1.45. The number of hydrogen-bond donors (Lipinski definition) is 1. The van der Waals surface area contributed by atoms with Gasteiger partial charge in [-0.3, -0.25) is 9.59 Å². The van der Waals surface area contributed by atoms with Crippen molar-refractivity contribution in [2.45, 2.75) is 17.4 Å². The Morgan fingerprint density at radius 2 is 1.44 bits per heavy atom. The summed E-state index contributed by atoms with van der Waals surface area (Å²) in [7, 11) is -2.17. The fraction of sp³-hybridized carbons (Fsp3) is 0.259. The zero-order chi connectivity index (χ0) is 25.5. The molecule has 1 unspecified atom stereocenters. The van der Waals surface area contributed by atoms with Gasteiger partial charge in [0, 0.05) is 38.2 Å². The van der Waals surface area contributed by atoms with Crippen molar-refractivity contribution in [3.8, 4) is 5.75 Å². The Bertz CT molecular complexity index is 1270. The molecule has 9 heteroatoms. The Hall–Kier alpha value is -3.69. The predicted octanol–water partition coefficient (Wildman–Crippen LogP) is 2.57. The van der Waals surface area contributed by atoms with Crippen molar-refractivity contribution in [1.82, 2.24) is 14.5 Å². The fourth-order valence-electron chi connectivity index (χ4n) is 4.15. The van der Waals surface area contributed by atoms with E-state index in [1.165, 1.54) is 23.5 Å². The van der Waals surface area contributed by atoms with Gasteiger partial charge in [-0.2, -0.15) is 4.31 Å². The minimum atomic E-state index is -3.69. The van der Waals surface area contributed by atoms with Crippen molar-refractivity contribution < 1.29 is 22.7 Å². The second-order valence-electron chi connectivity index (χ2n) is 8.49. The lowest BCUT2D eigenvalue weighted by atomic mass is 10.0. The van der Waals surface area contributed by atoms with Crippen LogP contribution < -0.4 is 10.1 Å². The van der Waals surface area contributed by atoms with Crippen LogP contribution in [0.4, 0.5) is 0 Å². The molecule has 1 aliphatic heterocycles. The Morgan fingerprint density at radius 1 is 0.861 bits per heavy atom. The van der Waals surface area contributed by atoms with Crippen molar-refractivity contribution in [1.29, 1.82) is 0 Å². The van der Waals surface area contributed by atoms with Crippen LogP contribution in [-0.4, -0.2) is 68.8 Å². The highest BCUT2D eigenvalue weighted by Gasteiger charge is 2.33. The number of piperazine rings is 1. The molecular weight excluding hydrogens is 478 g/mol. The third-order valence-corrected chi connectivity index (χ3v) is 8.08. The molecule has 0 spiro atoms. The van der Waals surface area contributed by atoms with Crippen LogP contribution in [0.3, 0.4) is 0 Å². The highest BCUT2D eigenvalue weighted by atomic mass is 32.2. The molecule has 1 fully saturated rings. The first kappa shape index (κ1) is 25.4. The Morgan fingerprint density at radius 3 is 2.03 bits per heavy atom. The molecule has 2 amide bonds. The first-order valence-electron chi connectivity index (χ1n) is 11.7. The molecule has 0 radical (unpaired) electrons. The van der Waals surface area contributed by atoms with Gasteiger partial charge in [0.15, 0.2) is 0 Å². The van der Waals surface area contributed by atoms with E-state index in [0.29, 0.717) is 17.7 Å². The summed E-state index contributed by atoms with van der Waals surface area (Å²) in [6, 6.07) is 23.7. The van der Waals surface area contributed by atoms with Crippen LogP contribution >= 0.6 is 0 Å². The lowest BCUT2D eigenvalue weighted by Gasteiger charge is -2.36. The molecule has 36 heavy (non-hydrogen) atoms. The van der Waals surface area contributed by atoms with Crippen LogP contribution in [-0.2, 0) is 21.2 Å². The lowest BCUT2D eigenvalue weighted by molar-refractivity contribution is -0.134. The summed E-state index contributed by atoms with van der Waals surface area (Å²) >= 11 is 0. The monoisotopic (exact) mass is 507 g/mol. The predicted molar refractivity (Wildman–Crippen MR) is 136 cm³/mol. The number of carbonyl (C=O) groups is 2. The lowest BCUT2D eigenvalue weighted by Crippen LogP contribution is -2.56. The molecule has 1 saturated heterocycles. The molecule has 1 N–H and O–H groups in total. The highest BCUT2D eigenvalue weighted by molar-refractivity contribution is 7.89. The number of rotatable bonds is 8. The standard InChI is InChI=1S/C27H29N3O5S/c1-35-23-12-14-24(15-13-23)36(33,34)30-18-16-29(17-19-30)27(32)25(20-21-8-4-2-5-9-21)28-26(31)22-10-6-3-7-11-22/h2-15,25H,16-20H2,1H3,(H,28,31). The largest absolute Gasteiger partial charge is 0.497 e. The molecule has 0 saturated carbocycles. The molecule has 8 nitrogen and oxygen atoms in total. The van der Waals surface area contributed by atoms with Crippen LogP contribution in [0, 0.1) is 0 Å². The van der Waals surface area contributed by atoms with Crippen molar-refractivity contribution in [3.63, 3.8) is 0 Å². The molecule has 1 heterocycles. The van der Waals surface area contributed by atoms with Crippen molar-refractivity contribution >= 4 is 21.8 Å². The van der Waals surface area contributed by atoms with E-state index in [4.69, 9.17) is 4.74 Å². The third kappa shape index (κ3) is 5.92. The first-order chi connectivity index (χ1) is 17.4. The SMILES string of the molecule is COc1ccc(S(=O)(=O)N2CCN(C(=O)C(Cc3ccccc3)NC(=O)c3ccccc3)CC2)cc1. The van der Waals surface area contributed by atoms with Gasteiger partial charge in [-0.15, -0.1) is 0 Å². The zero-order valence-electron chi connectivity index (χ0n) is 20.0. The van der Waals surface area contributed by atoms with E-state index in [0.717, 1.165) is 5.56 Å². The third-order valence-electron chi connectivity index (χ3n) is 6.17. The van der Waals surface area contributed by atoms with E-state index < -0.39 is 16.1 Å². The summed E-state index contributed by atoms with van der Waals surface area (Å²) in [5.74, 6) is 0.0154. The smallest absolute Gasteiger partial charge is 0.251 e. The van der Waals surface area contributed by atoms with Crippen LogP contribution in [0.1, 0.15) is 15.9 Å². The minimum Gasteiger partial charge on any atom is -0.497 e. The van der Waals surface area contributed by atoms with Crippen molar-refractivity contribution in [2.24, 2.45) is 0 Å². The van der Waals surface area contributed by atoms with Crippen LogP contribution in [0.5, 0.6) is 5.75 Å². The molecule has 0 aliphatic carbocycles. The summed E-state index contributed by atoms with van der Waals surface area (Å²) < 4.78 is 32.6. The fourth-order valence-corrected chi connectivity index (χ4v) is 5.57. The summed E-state index contributed by atoms with van der Waals surface area (Å²) in [6.07, 6.45) is 0.336. The average Bonchev–Trinajstić information content (AvgIpc) is 2.93. The van der Waals surface area contributed by atoms with Gasteiger partial charge < -0.3 is 15.0 Å². The molecule has 0 aromatic heterocycles. The van der Waals surface area contributed by atoms with E-state index in [1.807, 2.05) is 36.4 Å². The summed E-state index contributed by atoms with van der Waals surface area (Å²) in [6.45, 7) is 0.816. The van der Waals surface area contributed by atoms with E-state index in [2.05, 4.69) is 5.32 Å². The van der Waals surface area contributed by atoms with Crippen molar-refractivity contribution in [3.05, 3.63) is 96.1 Å². The molecule has 3 aromatic carbocycles. The summed E-state index contributed by atoms with van der Waals surface area (Å²) in [5.41, 5.74) is 1.39. The molecule has 0 bridgehead atoms. The van der Waals surface area contributed by atoms with Gasteiger partial charge in [0.1, 0.15) is 11.8 Å². The van der Waals surface area contributed by atoms with Gasteiger partial charge in [-0.1, -0.05) is 48.5 Å². The topological polar surface area (TPSA) is 96.0 Å². The molecule has 4 rings (SSSR count). The number of carbonyl (C=O) groups excluding carboxylic acids is 2. The van der Waals surface area contributed by atoms with Crippen LogP contribution in [0.15, 0.2) is 89.8 Å². The Labute approximate surface area is 211 Å². The van der Waals surface area contributed by atoms with Crippen molar-refractivity contribution in [2.75, 3.05) is 33.3 Å². The molecule has 188 valence electrons. The Kier molecular flexibility index (Phi) is 8.02. The molecule has 1 aliphatic rings. The van der Waals surface area contributed by atoms with E-state index in [-0.39, 0.29) is 42.9 Å². The number of benzene rings is 3. The average molecular weight is 508 g/mol. The number of nitrogens with zero attached hydrogens (tertiary/aromatic N) is 2. The van der Waals surface area contributed by atoms with Gasteiger partial charge in [0.05, 0.1) is 12.0 Å². The maximum atomic E-state index is 13.5. The van der Waals surface area contributed by atoms with E-state index >= 15 is 0 Å². The number of amides is 2. The highest BCUT2D eigenvalue weighted by Crippen LogP contribution is 2.21. The number of hydrogen-bond acceptors (Lipinski definition) is 5. The van der Waals surface area contributed by atoms with Crippen LogP contribution in [0.2, 0.25) is 0 Å². The van der Waals surface area contributed by atoms with E-state index in [9.17, 15) is 18.0 Å². The maximum absolute atomic E-state index is 13.5. The summed E-state index contributed by atoms with van der Waals surface area (Å²) in [4.78, 5) is 28.1.